The number of nitrogens with zero attached hydrogens (tertiary/aromatic N) is 3. The number of aromatic hydroxyl groups is 1. The predicted molar refractivity (Wildman–Crippen MR) is 147 cm³/mol. The first-order valence-corrected chi connectivity index (χ1v) is 13.4. The molecule has 5 rings (SSSR count). The molecule has 1 saturated carbocycles. The Labute approximate surface area is 235 Å². The van der Waals surface area contributed by atoms with Gasteiger partial charge in [0.1, 0.15) is 22.8 Å². The van der Waals surface area contributed by atoms with E-state index in [1.807, 2.05) is 30.9 Å². The Morgan fingerprint density at radius 3 is 2.32 bits per heavy atom. The van der Waals surface area contributed by atoms with Gasteiger partial charge in [-0.3, -0.25) is 29.0 Å². The number of aliphatic hydroxyl groups excluding tert-OH is 2. The summed E-state index contributed by atoms with van der Waals surface area (Å²) in [6, 6.07) is 1.61. The van der Waals surface area contributed by atoms with Crippen LogP contribution in [-0.2, 0) is 20.8 Å². The second-order valence-electron chi connectivity index (χ2n) is 11.5. The van der Waals surface area contributed by atoms with Crippen LogP contribution < -0.4 is 5.73 Å². The monoisotopic (exact) mass is 564 g/mol. The molecule has 0 bridgehead atoms. The van der Waals surface area contributed by atoms with Crippen molar-refractivity contribution in [2.45, 2.75) is 50.4 Å². The third-order valence-corrected chi connectivity index (χ3v) is 9.09. The van der Waals surface area contributed by atoms with Gasteiger partial charge in [0.15, 0.2) is 11.6 Å². The fraction of sp³-hybridized carbons (Fsp3) is 0.448. The van der Waals surface area contributed by atoms with Crippen LogP contribution in [0.2, 0.25) is 0 Å². The molecule has 4 aliphatic rings. The van der Waals surface area contributed by atoms with E-state index in [4.69, 9.17) is 5.73 Å². The van der Waals surface area contributed by atoms with E-state index in [0.29, 0.717) is 5.56 Å². The number of carbonyl (C=O) groups excluding carboxylic acids is 4. The molecule has 1 heterocycles. The van der Waals surface area contributed by atoms with Crippen molar-refractivity contribution < 1.29 is 34.5 Å². The second kappa shape index (κ2) is 9.74. The Bertz CT molecular complexity index is 1500. The highest BCUT2D eigenvalue weighted by atomic mass is 16.3. The van der Waals surface area contributed by atoms with Gasteiger partial charge < -0.3 is 21.1 Å². The van der Waals surface area contributed by atoms with Gasteiger partial charge in [-0.2, -0.15) is 0 Å². The molecule has 0 spiro atoms. The number of rotatable bonds is 6. The highest BCUT2D eigenvalue weighted by Gasteiger charge is 2.66. The lowest BCUT2D eigenvalue weighted by atomic mass is 9.56. The number of aliphatic hydroxyl groups is 2. The van der Waals surface area contributed by atoms with Crippen LogP contribution in [0.5, 0.6) is 5.75 Å². The molecule has 1 amide bonds. The van der Waals surface area contributed by atoms with E-state index < -0.39 is 58.0 Å². The van der Waals surface area contributed by atoms with Crippen molar-refractivity contribution in [3.63, 3.8) is 0 Å². The normalized spacial score (nSPS) is 31.3. The third-order valence-electron chi connectivity index (χ3n) is 9.09. The first-order valence-electron chi connectivity index (χ1n) is 13.4. The molecule has 41 heavy (non-hydrogen) atoms. The zero-order valence-electron chi connectivity index (χ0n) is 23.1. The molecule has 216 valence electrons. The highest BCUT2D eigenvalue weighted by molar-refractivity contribution is 6.25. The third kappa shape index (κ3) is 3.88. The fourth-order valence-corrected chi connectivity index (χ4v) is 7.11. The average Bonchev–Trinajstić information content (AvgIpc) is 3.20. The van der Waals surface area contributed by atoms with Crippen molar-refractivity contribution in [2.75, 3.05) is 20.6 Å². The number of fused-ring (bicyclic) bond motifs is 3. The summed E-state index contributed by atoms with van der Waals surface area (Å²) in [5, 5.41) is 36.3. The highest BCUT2D eigenvalue weighted by Crippen LogP contribution is 2.54. The van der Waals surface area contributed by atoms with E-state index in [1.165, 1.54) is 31.1 Å². The largest absolute Gasteiger partial charge is 0.508 e. The molecule has 0 saturated heterocycles. The maximum absolute atomic E-state index is 14.1. The van der Waals surface area contributed by atoms with Gasteiger partial charge in [-0.05, 0) is 69.6 Å². The van der Waals surface area contributed by atoms with Crippen molar-refractivity contribution in [2.24, 2.45) is 22.7 Å². The lowest BCUT2D eigenvalue weighted by Crippen LogP contribution is -2.64. The van der Waals surface area contributed by atoms with Crippen LogP contribution in [0.1, 0.15) is 41.8 Å². The summed E-state index contributed by atoms with van der Waals surface area (Å²) in [4.78, 5) is 69.0. The number of nitroso groups, excluding NO2 is 1. The van der Waals surface area contributed by atoms with Crippen molar-refractivity contribution in [1.29, 1.82) is 0 Å². The topological polar surface area (TPSA) is 191 Å². The number of amides is 1. The Kier molecular flexibility index (Phi) is 6.74. The lowest BCUT2D eigenvalue weighted by molar-refractivity contribution is -0.134. The first-order chi connectivity index (χ1) is 19.3. The van der Waals surface area contributed by atoms with E-state index in [-0.39, 0.29) is 59.7 Å². The quantitative estimate of drug-likeness (QED) is 0.171. The zero-order valence-corrected chi connectivity index (χ0v) is 23.1. The molecule has 1 fully saturated rings. The summed E-state index contributed by atoms with van der Waals surface area (Å²) >= 11 is 0. The smallest absolute Gasteiger partial charge is 0.255 e. The number of hydrogen-bond acceptors (Lipinski definition) is 11. The van der Waals surface area contributed by atoms with Crippen LogP contribution in [-0.4, -0.2) is 92.7 Å². The summed E-state index contributed by atoms with van der Waals surface area (Å²) in [6.45, 7) is 4.03. The van der Waals surface area contributed by atoms with Gasteiger partial charge in [-0.15, -0.1) is 4.91 Å². The number of benzene rings is 1. The van der Waals surface area contributed by atoms with E-state index >= 15 is 0 Å². The van der Waals surface area contributed by atoms with Crippen molar-refractivity contribution in [3.05, 3.63) is 62.8 Å². The molecule has 0 aromatic heterocycles. The number of nitrogens with two attached hydrogens (primary N) is 1. The fourth-order valence-electron chi connectivity index (χ4n) is 7.11. The molecule has 0 radical (unpaired) electrons. The minimum absolute atomic E-state index is 0.0340. The molecule has 5 unspecified atom stereocenters. The van der Waals surface area contributed by atoms with Crippen LogP contribution in [0, 0.1) is 16.7 Å². The van der Waals surface area contributed by atoms with Gasteiger partial charge in [-0.1, -0.05) is 12.2 Å². The second-order valence-corrected chi connectivity index (χ2v) is 11.5. The minimum Gasteiger partial charge on any atom is -0.508 e. The molecule has 1 aliphatic heterocycles. The molecule has 12 heteroatoms. The number of hydrogen-bond donors (Lipinski definition) is 4. The molecule has 6 atom stereocenters. The van der Waals surface area contributed by atoms with Gasteiger partial charge in [0, 0.05) is 29.1 Å². The Morgan fingerprint density at radius 2 is 1.76 bits per heavy atom. The molecule has 1 aromatic rings. The number of primary amides is 1. The van der Waals surface area contributed by atoms with E-state index in [2.05, 4.69) is 5.18 Å². The van der Waals surface area contributed by atoms with Crippen LogP contribution in [0.25, 0.3) is 5.76 Å². The molecule has 5 N–H and O–H groups in total. The Hall–Kier alpha value is -4.16. The standard InChI is InChI=1S/C29H32N4O8/c1-12-5-6-13(2)33(12)11-19(35)15-7-8-18(34)21-16(15)9-14-10-17-23(32(3)4)25(37)22(28(30)40)27(39)29(17,31-41)26(38)20(14)24(21)36/h5-8,12-14,17,23,34,36,39H,9-11H2,1-4H3,(H2,30,40)/t12?,13?,14?,17-,23?,29?/m0/s1. The molecular weight excluding hydrogens is 532 g/mol. The number of carbonyl (C=O) groups is 4. The number of ketones is 3. The van der Waals surface area contributed by atoms with Crippen LogP contribution in [0.15, 0.2) is 46.4 Å². The predicted octanol–water partition coefficient (Wildman–Crippen LogP) is 1.57. The minimum atomic E-state index is -2.59. The zero-order chi connectivity index (χ0) is 30.1. The van der Waals surface area contributed by atoms with Crippen molar-refractivity contribution in [3.8, 4) is 5.75 Å². The van der Waals surface area contributed by atoms with Gasteiger partial charge in [0.05, 0.1) is 18.2 Å². The number of phenolic OH excluding ortho intramolecular Hbond substituents is 1. The van der Waals surface area contributed by atoms with Gasteiger partial charge in [0.25, 0.3) is 5.91 Å². The summed E-state index contributed by atoms with van der Waals surface area (Å²) in [6.07, 6.45) is 3.97. The molecule has 12 nitrogen and oxygen atoms in total. The van der Waals surface area contributed by atoms with E-state index in [9.17, 15) is 39.4 Å². The molecule has 1 aromatic carbocycles. The summed E-state index contributed by atoms with van der Waals surface area (Å²) in [7, 11) is 3.04. The van der Waals surface area contributed by atoms with Crippen LogP contribution in [0.4, 0.5) is 0 Å². The van der Waals surface area contributed by atoms with Crippen molar-refractivity contribution in [1.82, 2.24) is 9.80 Å². The summed E-state index contributed by atoms with van der Waals surface area (Å²) in [5.41, 5.74) is 2.10. The van der Waals surface area contributed by atoms with E-state index in [1.54, 1.807) is 0 Å². The maximum Gasteiger partial charge on any atom is 0.255 e. The van der Waals surface area contributed by atoms with Gasteiger partial charge >= 0.3 is 0 Å². The van der Waals surface area contributed by atoms with Crippen LogP contribution in [0.3, 0.4) is 0 Å². The van der Waals surface area contributed by atoms with Gasteiger partial charge in [0.2, 0.25) is 11.3 Å². The number of likely N-dealkylation sites (N-methyl/N-ethyl adjacent to an activating group) is 1. The average molecular weight is 565 g/mol. The Balaban J connectivity index is 1.67. The maximum atomic E-state index is 14.1. The Morgan fingerprint density at radius 1 is 1.12 bits per heavy atom. The lowest BCUT2D eigenvalue weighted by Gasteiger charge is -2.49. The molecular formula is C29H32N4O8. The van der Waals surface area contributed by atoms with E-state index in [0.717, 1.165) is 0 Å². The SMILES string of the molecule is CC1C=CC(C)N1CC(=O)c1ccc(O)c2c1CC1C[C@H]3C(N(C)C)C(=O)C(C(N)=O)=C(O)C3(N=O)C(=O)C1=C2O. The summed E-state index contributed by atoms with van der Waals surface area (Å²) in [5.74, 6) is -7.64. The van der Waals surface area contributed by atoms with Crippen LogP contribution >= 0.6 is 0 Å². The first kappa shape index (κ1) is 28.4. The number of Topliss-reactive ketones (excluding diaryl/α,β-unsaturated/α-hetero) is 3. The van der Waals surface area contributed by atoms with Crippen molar-refractivity contribution >= 4 is 29.0 Å². The van der Waals surface area contributed by atoms with Gasteiger partial charge in [-0.25, -0.2) is 0 Å². The molecule has 3 aliphatic carbocycles. The summed E-state index contributed by atoms with van der Waals surface area (Å²) < 4.78 is 0. The number of phenols is 1.